The summed E-state index contributed by atoms with van der Waals surface area (Å²) in [6.07, 6.45) is 2.01. The minimum atomic E-state index is -3.14. The molecule has 126 valence electrons. The summed E-state index contributed by atoms with van der Waals surface area (Å²) in [6, 6.07) is 0. The standard InChI is InChI=1S/C13H30N4O3S/c1-5-14-13(16-8-9-17-21(4,18)19)15-7-6-10-20-11-12(2)3/h12,17H,5-11H2,1-4H3,(H2,14,15,16). The van der Waals surface area contributed by atoms with Gasteiger partial charge in [0, 0.05) is 39.4 Å². The topological polar surface area (TPSA) is 91.8 Å². The number of nitrogens with zero attached hydrogens (tertiary/aromatic N) is 1. The van der Waals surface area contributed by atoms with Gasteiger partial charge in [0.15, 0.2) is 5.96 Å². The van der Waals surface area contributed by atoms with Crippen molar-refractivity contribution in [2.45, 2.75) is 27.2 Å². The number of sulfonamides is 1. The lowest BCUT2D eigenvalue weighted by molar-refractivity contribution is 0.109. The zero-order valence-corrected chi connectivity index (χ0v) is 14.4. The van der Waals surface area contributed by atoms with E-state index in [1.807, 2.05) is 6.92 Å². The van der Waals surface area contributed by atoms with Crippen LogP contribution in [-0.4, -0.2) is 60.0 Å². The second kappa shape index (κ2) is 11.8. The molecule has 0 spiro atoms. The van der Waals surface area contributed by atoms with Crippen molar-refractivity contribution in [2.75, 3.05) is 45.6 Å². The van der Waals surface area contributed by atoms with Gasteiger partial charge >= 0.3 is 0 Å². The second-order valence-corrected chi connectivity index (χ2v) is 7.01. The van der Waals surface area contributed by atoms with Crippen molar-refractivity contribution in [1.29, 1.82) is 0 Å². The van der Waals surface area contributed by atoms with Crippen molar-refractivity contribution in [3.05, 3.63) is 0 Å². The first-order valence-electron chi connectivity index (χ1n) is 7.39. The largest absolute Gasteiger partial charge is 0.381 e. The maximum absolute atomic E-state index is 10.9. The summed E-state index contributed by atoms with van der Waals surface area (Å²) in [5.41, 5.74) is 0. The van der Waals surface area contributed by atoms with Crippen molar-refractivity contribution < 1.29 is 13.2 Å². The van der Waals surface area contributed by atoms with E-state index < -0.39 is 10.0 Å². The molecule has 3 N–H and O–H groups in total. The Labute approximate surface area is 129 Å². The lowest BCUT2D eigenvalue weighted by Crippen LogP contribution is -2.41. The van der Waals surface area contributed by atoms with Gasteiger partial charge in [-0.2, -0.15) is 0 Å². The number of rotatable bonds is 11. The van der Waals surface area contributed by atoms with Crippen LogP contribution in [0.25, 0.3) is 0 Å². The zero-order chi connectivity index (χ0) is 16.1. The normalized spacial score (nSPS) is 12.7. The Morgan fingerprint density at radius 2 is 1.95 bits per heavy atom. The number of ether oxygens (including phenoxy) is 1. The van der Waals surface area contributed by atoms with Crippen LogP contribution < -0.4 is 15.4 Å². The van der Waals surface area contributed by atoms with Crippen LogP contribution >= 0.6 is 0 Å². The van der Waals surface area contributed by atoms with E-state index >= 15 is 0 Å². The van der Waals surface area contributed by atoms with Crippen LogP contribution in [0.4, 0.5) is 0 Å². The quantitative estimate of drug-likeness (QED) is 0.286. The van der Waals surface area contributed by atoms with E-state index in [0.29, 0.717) is 38.1 Å². The average molecular weight is 322 g/mol. The lowest BCUT2D eigenvalue weighted by Gasteiger charge is -2.11. The van der Waals surface area contributed by atoms with Crippen LogP contribution in [0, 0.1) is 5.92 Å². The van der Waals surface area contributed by atoms with Crippen molar-refractivity contribution in [3.8, 4) is 0 Å². The first-order chi connectivity index (χ1) is 9.85. The Bertz CT molecular complexity index is 383. The number of guanidine groups is 1. The smallest absolute Gasteiger partial charge is 0.208 e. The molecular formula is C13H30N4O3S. The minimum Gasteiger partial charge on any atom is -0.381 e. The van der Waals surface area contributed by atoms with Gasteiger partial charge in [-0.1, -0.05) is 13.8 Å². The lowest BCUT2D eigenvalue weighted by atomic mass is 10.2. The highest BCUT2D eigenvalue weighted by Crippen LogP contribution is 1.93. The fourth-order valence-electron chi connectivity index (χ4n) is 1.44. The van der Waals surface area contributed by atoms with Gasteiger partial charge in [0.1, 0.15) is 0 Å². The van der Waals surface area contributed by atoms with Gasteiger partial charge in [-0.25, -0.2) is 13.1 Å². The van der Waals surface area contributed by atoms with E-state index in [1.54, 1.807) is 0 Å². The van der Waals surface area contributed by atoms with Gasteiger partial charge in [0.2, 0.25) is 10.0 Å². The summed E-state index contributed by atoms with van der Waals surface area (Å²) in [5, 5.41) is 6.18. The van der Waals surface area contributed by atoms with Crippen LogP contribution in [0.1, 0.15) is 27.2 Å². The second-order valence-electron chi connectivity index (χ2n) is 5.18. The summed E-state index contributed by atoms with van der Waals surface area (Å²) in [6.45, 7) is 9.96. The monoisotopic (exact) mass is 322 g/mol. The maximum Gasteiger partial charge on any atom is 0.208 e. The third-order valence-electron chi connectivity index (χ3n) is 2.29. The first-order valence-corrected chi connectivity index (χ1v) is 9.29. The average Bonchev–Trinajstić information content (AvgIpc) is 2.37. The van der Waals surface area contributed by atoms with Gasteiger partial charge in [0.25, 0.3) is 0 Å². The molecule has 0 saturated carbocycles. The number of nitrogens with one attached hydrogen (secondary N) is 3. The molecule has 0 radical (unpaired) electrons. The van der Waals surface area contributed by atoms with E-state index in [4.69, 9.17) is 4.74 Å². The molecule has 0 saturated heterocycles. The van der Waals surface area contributed by atoms with Gasteiger partial charge in [-0.05, 0) is 19.3 Å². The van der Waals surface area contributed by atoms with Crippen molar-refractivity contribution in [1.82, 2.24) is 15.4 Å². The van der Waals surface area contributed by atoms with Gasteiger partial charge < -0.3 is 15.4 Å². The highest BCUT2D eigenvalue weighted by atomic mass is 32.2. The molecule has 0 bridgehead atoms. The molecule has 0 unspecified atom stereocenters. The molecule has 0 amide bonds. The van der Waals surface area contributed by atoms with Crippen LogP contribution in [0.3, 0.4) is 0 Å². The first kappa shape index (κ1) is 20.1. The Kier molecular flexibility index (Phi) is 11.3. The molecule has 0 aromatic heterocycles. The van der Waals surface area contributed by atoms with E-state index in [0.717, 1.165) is 25.8 Å². The fourth-order valence-corrected chi connectivity index (χ4v) is 1.91. The van der Waals surface area contributed by atoms with Crippen LogP contribution in [0.15, 0.2) is 4.99 Å². The van der Waals surface area contributed by atoms with Gasteiger partial charge in [0.05, 0.1) is 6.26 Å². The molecule has 0 aliphatic rings. The third-order valence-corrected chi connectivity index (χ3v) is 3.02. The summed E-state index contributed by atoms with van der Waals surface area (Å²) in [7, 11) is -3.14. The van der Waals surface area contributed by atoms with E-state index in [1.165, 1.54) is 0 Å². The van der Waals surface area contributed by atoms with Gasteiger partial charge in [-0.15, -0.1) is 0 Å². The summed E-state index contributed by atoms with van der Waals surface area (Å²) in [4.78, 5) is 4.40. The van der Waals surface area contributed by atoms with Crippen LogP contribution in [0.2, 0.25) is 0 Å². The highest BCUT2D eigenvalue weighted by Gasteiger charge is 2.00. The van der Waals surface area contributed by atoms with E-state index in [2.05, 4.69) is 34.2 Å². The molecular weight excluding hydrogens is 292 g/mol. The molecule has 0 rings (SSSR count). The van der Waals surface area contributed by atoms with Crippen LogP contribution in [0.5, 0.6) is 0 Å². The number of aliphatic imine (C=N–C) groups is 1. The fraction of sp³-hybridized carbons (Fsp3) is 0.923. The van der Waals surface area contributed by atoms with Crippen molar-refractivity contribution >= 4 is 16.0 Å². The summed E-state index contributed by atoms with van der Waals surface area (Å²) in [5.74, 6) is 1.24. The Balaban J connectivity index is 3.85. The molecule has 0 aliphatic heterocycles. The molecule has 0 atom stereocenters. The molecule has 0 aliphatic carbocycles. The molecule has 0 heterocycles. The van der Waals surface area contributed by atoms with E-state index in [9.17, 15) is 8.42 Å². The maximum atomic E-state index is 10.9. The minimum absolute atomic E-state index is 0.334. The number of hydrogen-bond donors (Lipinski definition) is 3. The van der Waals surface area contributed by atoms with Crippen molar-refractivity contribution in [2.24, 2.45) is 10.9 Å². The number of hydrogen-bond acceptors (Lipinski definition) is 4. The Morgan fingerprint density at radius 3 is 2.52 bits per heavy atom. The predicted octanol–water partition coefficient (Wildman–Crippen LogP) is 0.153. The molecule has 0 aromatic rings. The van der Waals surface area contributed by atoms with Crippen molar-refractivity contribution in [3.63, 3.8) is 0 Å². The summed E-state index contributed by atoms with van der Waals surface area (Å²) < 4.78 is 29.8. The third kappa shape index (κ3) is 15.3. The predicted molar refractivity (Wildman–Crippen MR) is 87.1 cm³/mol. The molecule has 8 heteroatoms. The highest BCUT2D eigenvalue weighted by molar-refractivity contribution is 7.88. The molecule has 21 heavy (non-hydrogen) atoms. The SMILES string of the molecule is CCNC(=NCCCOCC(C)C)NCCNS(C)(=O)=O. The summed E-state index contributed by atoms with van der Waals surface area (Å²) >= 11 is 0. The van der Waals surface area contributed by atoms with Gasteiger partial charge in [-0.3, -0.25) is 4.99 Å². The molecule has 7 nitrogen and oxygen atoms in total. The molecule has 0 fully saturated rings. The van der Waals surface area contributed by atoms with E-state index in [-0.39, 0.29) is 0 Å². The zero-order valence-electron chi connectivity index (χ0n) is 13.6. The Morgan fingerprint density at radius 1 is 1.24 bits per heavy atom. The van der Waals surface area contributed by atoms with Crippen LogP contribution in [-0.2, 0) is 14.8 Å². The molecule has 0 aromatic carbocycles. The Hall–Kier alpha value is -0.860.